The van der Waals surface area contributed by atoms with Crippen LogP contribution in [-0.2, 0) is 13.5 Å². The van der Waals surface area contributed by atoms with E-state index in [1.54, 1.807) is 13.1 Å². The van der Waals surface area contributed by atoms with Crippen LogP contribution in [0.4, 0.5) is 0 Å². The summed E-state index contributed by atoms with van der Waals surface area (Å²) in [5.74, 6) is 0. The van der Waals surface area contributed by atoms with E-state index in [-0.39, 0.29) is 12.0 Å². The summed E-state index contributed by atoms with van der Waals surface area (Å²) in [5.41, 5.74) is 3.08. The second-order valence-electron chi connectivity index (χ2n) is 4.18. The minimum absolute atomic E-state index is 0.105. The third kappa shape index (κ3) is 2.30. The van der Waals surface area contributed by atoms with Gasteiger partial charge in [0.1, 0.15) is 0 Å². The summed E-state index contributed by atoms with van der Waals surface area (Å²) < 4.78 is 1.28. The molecule has 2 rings (SSSR count). The van der Waals surface area contributed by atoms with Gasteiger partial charge in [0, 0.05) is 18.2 Å². The molecule has 0 saturated carbocycles. The summed E-state index contributed by atoms with van der Waals surface area (Å²) in [6.45, 7) is 2.01. The van der Waals surface area contributed by atoms with Crippen molar-refractivity contribution in [2.45, 2.75) is 13.3 Å². The molecule has 0 radical (unpaired) electrons. The Morgan fingerprint density at radius 1 is 1.33 bits per heavy atom. The fourth-order valence-corrected chi connectivity index (χ4v) is 1.75. The molecule has 0 unspecified atom stereocenters. The molecule has 1 aromatic carbocycles. The molecule has 0 amide bonds. The zero-order chi connectivity index (χ0) is 13.1. The maximum Gasteiger partial charge on any atom is 0.270 e. The molecule has 1 aromatic heterocycles. The van der Waals surface area contributed by atoms with Gasteiger partial charge in [-0.05, 0) is 13.0 Å². The molecule has 0 N–H and O–H groups in total. The normalized spacial score (nSPS) is 10.1. The number of nitriles is 1. The third-order valence-corrected chi connectivity index (χ3v) is 2.75. The van der Waals surface area contributed by atoms with Crippen molar-refractivity contribution in [1.29, 1.82) is 5.26 Å². The van der Waals surface area contributed by atoms with Gasteiger partial charge in [-0.25, -0.2) is 4.68 Å². The van der Waals surface area contributed by atoms with Crippen LogP contribution in [-0.4, -0.2) is 9.78 Å². The largest absolute Gasteiger partial charge is 0.270 e. The van der Waals surface area contributed by atoms with Crippen molar-refractivity contribution in [3.63, 3.8) is 0 Å². The zero-order valence-electron chi connectivity index (χ0n) is 10.3. The highest BCUT2D eigenvalue weighted by Gasteiger charge is 2.07. The van der Waals surface area contributed by atoms with Gasteiger partial charge in [0.25, 0.3) is 5.56 Å². The average Bonchev–Trinajstić information content (AvgIpc) is 2.36. The van der Waals surface area contributed by atoms with Crippen molar-refractivity contribution in [3.8, 4) is 17.3 Å². The summed E-state index contributed by atoms with van der Waals surface area (Å²) in [7, 11) is 1.60. The second kappa shape index (κ2) is 4.84. The number of aryl methyl sites for hydroxylation is 2. The predicted octanol–water partition coefficient (Wildman–Crippen LogP) is 1.82. The smallest absolute Gasteiger partial charge is 0.267 e. The fraction of sp³-hybridized carbons (Fsp3) is 0.214. The van der Waals surface area contributed by atoms with Crippen molar-refractivity contribution in [2.24, 2.45) is 7.05 Å². The van der Waals surface area contributed by atoms with E-state index in [1.165, 1.54) is 10.2 Å². The Bertz CT molecular complexity index is 663. The molecule has 2 aromatic rings. The van der Waals surface area contributed by atoms with Gasteiger partial charge in [-0.3, -0.25) is 4.79 Å². The quantitative estimate of drug-likeness (QED) is 0.803. The molecule has 0 atom stereocenters. The first-order valence-electron chi connectivity index (χ1n) is 5.63. The number of hydrogen-bond donors (Lipinski definition) is 0. The number of aromatic nitrogens is 2. The molecule has 0 aliphatic carbocycles. The molecular formula is C14H13N3O. The Morgan fingerprint density at radius 2 is 2.00 bits per heavy atom. The summed E-state index contributed by atoms with van der Waals surface area (Å²) in [5, 5.41) is 12.9. The number of rotatable bonds is 2. The fourth-order valence-electron chi connectivity index (χ4n) is 1.75. The van der Waals surface area contributed by atoms with Crippen molar-refractivity contribution < 1.29 is 0 Å². The van der Waals surface area contributed by atoms with Crippen LogP contribution in [0.1, 0.15) is 11.1 Å². The van der Waals surface area contributed by atoms with Gasteiger partial charge >= 0.3 is 0 Å². The maximum atomic E-state index is 11.7. The van der Waals surface area contributed by atoms with Crippen LogP contribution in [0.2, 0.25) is 0 Å². The van der Waals surface area contributed by atoms with E-state index in [4.69, 9.17) is 5.26 Å². The van der Waals surface area contributed by atoms with E-state index in [1.807, 2.05) is 37.3 Å². The van der Waals surface area contributed by atoms with Gasteiger partial charge in [0.15, 0.2) is 0 Å². The lowest BCUT2D eigenvalue weighted by atomic mass is 10.1. The van der Waals surface area contributed by atoms with E-state index >= 15 is 0 Å². The van der Waals surface area contributed by atoms with E-state index < -0.39 is 0 Å². The van der Waals surface area contributed by atoms with Crippen molar-refractivity contribution in [3.05, 3.63) is 51.8 Å². The minimum Gasteiger partial charge on any atom is -0.267 e. The van der Waals surface area contributed by atoms with Crippen LogP contribution in [0, 0.1) is 18.3 Å². The van der Waals surface area contributed by atoms with Crippen LogP contribution in [0.3, 0.4) is 0 Å². The van der Waals surface area contributed by atoms with Crippen LogP contribution in [0.5, 0.6) is 0 Å². The van der Waals surface area contributed by atoms with Crippen LogP contribution < -0.4 is 5.56 Å². The van der Waals surface area contributed by atoms with Gasteiger partial charge < -0.3 is 0 Å². The Morgan fingerprint density at radius 3 is 2.61 bits per heavy atom. The van der Waals surface area contributed by atoms with Gasteiger partial charge in [-0.1, -0.05) is 29.8 Å². The lowest BCUT2D eigenvalue weighted by Crippen LogP contribution is -2.23. The molecule has 18 heavy (non-hydrogen) atoms. The van der Waals surface area contributed by atoms with Crippen LogP contribution in [0.25, 0.3) is 11.3 Å². The van der Waals surface area contributed by atoms with Gasteiger partial charge in [0.05, 0.1) is 18.2 Å². The summed E-state index contributed by atoms with van der Waals surface area (Å²) in [6.07, 6.45) is 0.105. The van der Waals surface area contributed by atoms with E-state index in [2.05, 4.69) is 5.10 Å². The highest BCUT2D eigenvalue weighted by atomic mass is 16.1. The van der Waals surface area contributed by atoms with Crippen LogP contribution in [0.15, 0.2) is 35.1 Å². The van der Waals surface area contributed by atoms with Crippen LogP contribution >= 0.6 is 0 Å². The molecule has 90 valence electrons. The van der Waals surface area contributed by atoms with E-state index in [0.29, 0.717) is 11.3 Å². The lowest BCUT2D eigenvalue weighted by molar-refractivity contribution is 0.702. The molecule has 0 fully saturated rings. The highest BCUT2D eigenvalue weighted by Crippen LogP contribution is 2.17. The first-order chi connectivity index (χ1) is 8.61. The molecule has 0 aliphatic heterocycles. The highest BCUT2D eigenvalue weighted by molar-refractivity contribution is 5.59. The molecule has 0 saturated heterocycles. The van der Waals surface area contributed by atoms with Gasteiger partial charge in [-0.2, -0.15) is 10.4 Å². The Labute approximate surface area is 105 Å². The molecular weight excluding hydrogens is 226 g/mol. The zero-order valence-corrected chi connectivity index (χ0v) is 10.3. The predicted molar refractivity (Wildman–Crippen MR) is 69.0 cm³/mol. The standard InChI is InChI=1S/C14H13N3O/c1-10-3-5-11(6-4-10)13-9-12(7-8-15)14(18)17(2)16-13/h3-6,9H,7H2,1-2H3. The van der Waals surface area contributed by atoms with E-state index in [9.17, 15) is 4.79 Å². The number of benzene rings is 1. The minimum atomic E-state index is -0.215. The molecule has 0 spiro atoms. The van der Waals surface area contributed by atoms with Crippen molar-refractivity contribution in [1.82, 2.24) is 9.78 Å². The molecule has 0 bridgehead atoms. The first kappa shape index (κ1) is 12.1. The average molecular weight is 239 g/mol. The monoisotopic (exact) mass is 239 g/mol. The number of hydrogen-bond acceptors (Lipinski definition) is 3. The molecule has 4 nitrogen and oxygen atoms in total. The van der Waals surface area contributed by atoms with Crippen molar-refractivity contribution in [2.75, 3.05) is 0 Å². The van der Waals surface area contributed by atoms with Gasteiger partial charge in [-0.15, -0.1) is 0 Å². The second-order valence-corrected chi connectivity index (χ2v) is 4.18. The third-order valence-electron chi connectivity index (χ3n) is 2.75. The topological polar surface area (TPSA) is 58.7 Å². The summed E-state index contributed by atoms with van der Waals surface area (Å²) in [6, 6.07) is 11.6. The number of nitrogens with zero attached hydrogens (tertiary/aromatic N) is 3. The lowest BCUT2D eigenvalue weighted by Gasteiger charge is -2.06. The molecule has 0 aliphatic rings. The SMILES string of the molecule is Cc1ccc(-c2cc(CC#N)c(=O)n(C)n2)cc1. The molecule has 4 heteroatoms. The van der Waals surface area contributed by atoms with Gasteiger partial charge in [0.2, 0.25) is 0 Å². The molecule has 1 heterocycles. The summed E-state index contributed by atoms with van der Waals surface area (Å²) in [4.78, 5) is 11.7. The Balaban J connectivity index is 2.56. The van der Waals surface area contributed by atoms with Crippen molar-refractivity contribution >= 4 is 0 Å². The maximum absolute atomic E-state index is 11.7. The Kier molecular flexibility index (Phi) is 3.24. The van der Waals surface area contributed by atoms with E-state index in [0.717, 1.165) is 5.56 Å². The summed E-state index contributed by atoms with van der Waals surface area (Å²) >= 11 is 0. The Hall–Kier alpha value is -2.41. The first-order valence-corrected chi connectivity index (χ1v) is 5.63.